The van der Waals surface area contributed by atoms with Crippen molar-refractivity contribution < 1.29 is 0 Å². The van der Waals surface area contributed by atoms with Crippen molar-refractivity contribution in [1.29, 1.82) is 5.26 Å². The van der Waals surface area contributed by atoms with Crippen molar-refractivity contribution in [1.82, 2.24) is 9.88 Å². The van der Waals surface area contributed by atoms with Crippen LogP contribution >= 0.6 is 0 Å². The predicted molar refractivity (Wildman–Crippen MR) is 76.0 cm³/mol. The van der Waals surface area contributed by atoms with Gasteiger partial charge < -0.3 is 10.2 Å². The van der Waals surface area contributed by atoms with Gasteiger partial charge in [0.2, 0.25) is 0 Å². The lowest BCUT2D eigenvalue weighted by atomic mass is 10.1. The lowest BCUT2D eigenvalue weighted by Crippen LogP contribution is -2.24. The van der Waals surface area contributed by atoms with Gasteiger partial charge in [-0.3, -0.25) is 4.98 Å². The van der Waals surface area contributed by atoms with Gasteiger partial charge >= 0.3 is 0 Å². The van der Waals surface area contributed by atoms with Crippen LogP contribution in [0.2, 0.25) is 0 Å². The summed E-state index contributed by atoms with van der Waals surface area (Å²) in [6, 6.07) is 10.6. The van der Waals surface area contributed by atoms with Crippen LogP contribution in [0.1, 0.15) is 12.0 Å². The Balaban J connectivity index is 2.03. The molecule has 2 aromatic rings. The van der Waals surface area contributed by atoms with E-state index in [1.165, 1.54) is 0 Å². The fourth-order valence-electron chi connectivity index (χ4n) is 2.64. The van der Waals surface area contributed by atoms with Crippen LogP contribution < -0.4 is 5.32 Å². The molecule has 4 nitrogen and oxygen atoms in total. The first-order valence-corrected chi connectivity index (χ1v) is 6.51. The van der Waals surface area contributed by atoms with Crippen LogP contribution in [0.5, 0.6) is 0 Å². The molecule has 3 rings (SSSR count). The molecule has 0 bridgehead atoms. The van der Waals surface area contributed by atoms with Crippen LogP contribution in [-0.2, 0) is 0 Å². The molecule has 0 saturated carbocycles. The van der Waals surface area contributed by atoms with E-state index >= 15 is 0 Å². The highest BCUT2D eigenvalue weighted by Gasteiger charge is 2.21. The molecule has 0 radical (unpaired) electrons. The third kappa shape index (κ3) is 2.25. The monoisotopic (exact) mass is 252 g/mol. The minimum atomic E-state index is 0.405. The molecule has 2 heterocycles. The normalized spacial score (nSPS) is 19.5. The van der Waals surface area contributed by atoms with Gasteiger partial charge in [-0.2, -0.15) is 5.26 Å². The SMILES string of the molecule is CN1CCC(Nc2c(C#N)cnc3ccccc23)C1. The number of benzene rings is 1. The number of hydrogen-bond donors (Lipinski definition) is 1. The van der Waals surface area contributed by atoms with E-state index in [-0.39, 0.29) is 0 Å². The molecule has 4 heteroatoms. The van der Waals surface area contributed by atoms with Crippen LogP contribution in [0.25, 0.3) is 10.9 Å². The molecule has 1 aromatic carbocycles. The van der Waals surface area contributed by atoms with Gasteiger partial charge in [0.05, 0.1) is 16.8 Å². The van der Waals surface area contributed by atoms with Crippen molar-refractivity contribution >= 4 is 16.6 Å². The summed E-state index contributed by atoms with van der Waals surface area (Å²) in [4.78, 5) is 6.63. The summed E-state index contributed by atoms with van der Waals surface area (Å²) in [7, 11) is 2.12. The zero-order chi connectivity index (χ0) is 13.2. The van der Waals surface area contributed by atoms with Gasteiger partial charge in [-0.15, -0.1) is 0 Å². The van der Waals surface area contributed by atoms with Gasteiger partial charge in [-0.1, -0.05) is 18.2 Å². The number of aromatic nitrogens is 1. The van der Waals surface area contributed by atoms with Crippen LogP contribution in [0, 0.1) is 11.3 Å². The summed E-state index contributed by atoms with van der Waals surface area (Å²) in [5.41, 5.74) is 2.47. The molecular formula is C15H16N4. The average molecular weight is 252 g/mol. The first-order chi connectivity index (χ1) is 9.28. The first-order valence-electron chi connectivity index (χ1n) is 6.51. The van der Waals surface area contributed by atoms with E-state index in [1.54, 1.807) is 6.20 Å². The zero-order valence-corrected chi connectivity index (χ0v) is 10.9. The van der Waals surface area contributed by atoms with Gasteiger partial charge in [0, 0.05) is 24.2 Å². The largest absolute Gasteiger partial charge is 0.379 e. The highest BCUT2D eigenvalue weighted by Crippen LogP contribution is 2.27. The maximum Gasteiger partial charge on any atom is 0.103 e. The molecule has 0 amide bonds. The van der Waals surface area contributed by atoms with Gasteiger partial charge in [0.25, 0.3) is 0 Å². The van der Waals surface area contributed by atoms with E-state index in [0.717, 1.165) is 36.1 Å². The molecule has 1 aromatic heterocycles. The number of rotatable bonds is 2. The quantitative estimate of drug-likeness (QED) is 0.890. The number of nitriles is 1. The van der Waals surface area contributed by atoms with Crippen molar-refractivity contribution in [3.05, 3.63) is 36.0 Å². The Morgan fingerprint density at radius 1 is 1.42 bits per heavy atom. The van der Waals surface area contributed by atoms with Crippen molar-refractivity contribution in [2.24, 2.45) is 0 Å². The van der Waals surface area contributed by atoms with Crippen molar-refractivity contribution in [3.63, 3.8) is 0 Å². The summed E-state index contributed by atoms with van der Waals surface area (Å²) >= 11 is 0. The molecule has 0 aliphatic carbocycles. The second-order valence-corrected chi connectivity index (χ2v) is 5.07. The molecule has 1 saturated heterocycles. The topological polar surface area (TPSA) is 52.0 Å². The molecule has 1 N–H and O–H groups in total. The van der Waals surface area contributed by atoms with Crippen LogP contribution in [0.4, 0.5) is 5.69 Å². The second kappa shape index (κ2) is 4.87. The maximum absolute atomic E-state index is 9.26. The van der Waals surface area contributed by atoms with Crippen LogP contribution in [0.15, 0.2) is 30.5 Å². The van der Waals surface area contributed by atoms with E-state index in [2.05, 4.69) is 28.3 Å². The summed E-state index contributed by atoms with van der Waals surface area (Å²) < 4.78 is 0. The number of hydrogen-bond acceptors (Lipinski definition) is 4. The van der Waals surface area contributed by atoms with E-state index in [0.29, 0.717) is 11.6 Å². The lowest BCUT2D eigenvalue weighted by molar-refractivity contribution is 0.414. The Kier molecular flexibility index (Phi) is 3.06. The number of para-hydroxylation sites is 1. The van der Waals surface area contributed by atoms with Crippen LogP contribution in [-0.4, -0.2) is 36.1 Å². The molecule has 96 valence electrons. The standard InChI is InChI=1S/C15H16N4/c1-19-7-6-12(10-19)18-15-11(8-16)9-17-14-5-3-2-4-13(14)15/h2-5,9,12H,6-7,10H2,1H3,(H,17,18). The van der Waals surface area contributed by atoms with E-state index in [9.17, 15) is 5.26 Å². The molecule has 19 heavy (non-hydrogen) atoms. The van der Waals surface area contributed by atoms with Gasteiger partial charge in [0.15, 0.2) is 0 Å². The number of nitrogens with zero attached hydrogens (tertiary/aromatic N) is 3. The average Bonchev–Trinajstić information content (AvgIpc) is 2.85. The number of pyridine rings is 1. The fourth-order valence-corrected chi connectivity index (χ4v) is 2.64. The van der Waals surface area contributed by atoms with Crippen molar-refractivity contribution in [3.8, 4) is 6.07 Å². The minimum absolute atomic E-state index is 0.405. The highest BCUT2D eigenvalue weighted by atomic mass is 15.2. The summed E-state index contributed by atoms with van der Waals surface area (Å²) in [6.45, 7) is 2.12. The number of anilines is 1. The zero-order valence-electron chi connectivity index (χ0n) is 10.9. The fraction of sp³-hybridized carbons (Fsp3) is 0.333. The predicted octanol–water partition coefficient (Wildman–Crippen LogP) is 2.22. The first kappa shape index (κ1) is 11.9. The van der Waals surface area contributed by atoms with Crippen molar-refractivity contribution in [2.45, 2.75) is 12.5 Å². The Morgan fingerprint density at radius 2 is 2.26 bits per heavy atom. The number of nitrogens with one attached hydrogen (secondary N) is 1. The molecule has 0 spiro atoms. The Bertz CT molecular complexity index is 644. The molecule has 1 fully saturated rings. The molecule has 1 atom stereocenters. The maximum atomic E-state index is 9.26. The number of likely N-dealkylation sites (N-methyl/N-ethyl adjacent to an activating group) is 1. The van der Waals surface area contributed by atoms with Gasteiger partial charge in [-0.25, -0.2) is 0 Å². The molecular weight excluding hydrogens is 236 g/mol. The molecule has 1 aliphatic rings. The van der Waals surface area contributed by atoms with E-state index in [4.69, 9.17) is 0 Å². The van der Waals surface area contributed by atoms with Crippen molar-refractivity contribution in [2.75, 3.05) is 25.5 Å². The van der Waals surface area contributed by atoms with Crippen LogP contribution in [0.3, 0.4) is 0 Å². The Morgan fingerprint density at radius 3 is 3.00 bits per heavy atom. The number of likely N-dealkylation sites (tertiary alicyclic amines) is 1. The smallest absolute Gasteiger partial charge is 0.103 e. The highest BCUT2D eigenvalue weighted by molar-refractivity contribution is 5.93. The second-order valence-electron chi connectivity index (χ2n) is 5.07. The third-order valence-electron chi connectivity index (χ3n) is 3.64. The number of fused-ring (bicyclic) bond motifs is 1. The minimum Gasteiger partial charge on any atom is -0.379 e. The van der Waals surface area contributed by atoms with Gasteiger partial charge in [-0.05, 0) is 26.1 Å². The molecule has 1 aliphatic heterocycles. The lowest BCUT2D eigenvalue weighted by Gasteiger charge is -2.17. The third-order valence-corrected chi connectivity index (χ3v) is 3.64. The van der Waals surface area contributed by atoms with E-state index in [1.807, 2.05) is 24.3 Å². The summed E-state index contributed by atoms with van der Waals surface area (Å²) in [5, 5.41) is 13.8. The van der Waals surface area contributed by atoms with E-state index < -0.39 is 0 Å². The molecule has 1 unspecified atom stereocenters. The van der Waals surface area contributed by atoms with Gasteiger partial charge in [0.1, 0.15) is 6.07 Å². The Labute approximate surface area is 112 Å². The summed E-state index contributed by atoms with van der Waals surface area (Å²) in [6.07, 6.45) is 2.77. The Hall–Kier alpha value is -2.12. The summed E-state index contributed by atoms with van der Waals surface area (Å²) in [5.74, 6) is 0.